The second-order valence-electron chi connectivity index (χ2n) is 6.30. The molecule has 0 spiro atoms. The molecule has 2 atom stereocenters. The average molecular weight is 320 g/mol. The summed E-state index contributed by atoms with van der Waals surface area (Å²) < 4.78 is 28.1. The van der Waals surface area contributed by atoms with Crippen molar-refractivity contribution in [2.24, 2.45) is 5.41 Å². The molecule has 20 heavy (non-hydrogen) atoms. The molecule has 0 heterocycles. The van der Waals surface area contributed by atoms with Crippen molar-refractivity contribution in [3.8, 4) is 0 Å². The van der Waals surface area contributed by atoms with Gasteiger partial charge in [-0.2, -0.15) is 11.8 Å². The molecule has 2 fully saturated rings. The lowest BCUT2D eigenvalue weighted by molar-refractivity contribution is -0.141. The highest BCUT2D eigenvalue weighted by Crippen LogP contribution is 2.52. The van der Waals surface area contributed by atoms with Crippen molar-refractivity contribution in [3.05, 3.63) is 0 Å². The van der Waals surface area contributed by atoms with Crippen molar-refractivity contribution in [2.75, 3.05) is 19.1 Å². The van der Waals surface area contributed by atoms with Crippen LogP contribution in [0.2, 0.25) is 0 Å². The minimum absolute atomic E-state index is 0.124. The van der Waals surface area contributed by atoms with Crippen LogP contribution in [0.15, 0.2) is 0 Å². The lowest BCUT2D eigenvalue weighted by Crippen LogP contribution is -2.29. The number of thioether (sulfide) groups is 1. The zero-order valence-electron chi connectivity index (χ0n) is 12.3. The van der Waals surface area contributed by atoms with Crippen LogP contribution in [0.3, 0.4) is 0 Å². The van der Waals surface area contributed by atoms with Crippen LogP contribution in [0.25, 0.3) is 0 Å². The van der Waals surface area contributed by atoms with E-state index in [2.05, 4.69) is 0 Å². The molecule has 0 amide bonds. The van der Waals surface area contributed by atoms with Gasteiger partial charge in [-0.15, -0.1) is 0 Å². The zero-order chi connectivity index (χ0) is 14.8. The quantitative estimate of drug-likeness (QED) is 0.703. The third-order valence-corrected chi connectivity index (χ3v) is 7.83. The molecule has 2 aliphatic carbocycles. The topological polar surface area (TPSA) is 60.4 Å². The van der Waals surface area contributed by atoms with Gasteiger partial charge in [0.15, 0.2) is 0 Å². The summed E-state index contributed by atoms with van der Waals surface area (Å²) in [5, 5.41) is 0.267. The SMILES string of the molecule is COC(=O)CC1(CSC2CCCC(S(C)(=O)=O)C2)CC1. The van der Waals surface area contributed by atoms with Gasteiger partial charge in [0.25, 0.3) is 0 Å². The molecular formula is C14H24O4S2. The van der Waals surface area contributed by atoms with E-state index >= 15 is 0 Å². The second kappa shape index (κ2) is 6.26. The molecule has 2 rings (SSSR count). The molecule has 6 heteroatoms. The Labute approximate surface area is 125 Å². The van der Waals surface area contributed by atoms with Crippen molar-refractivity contribution < 1.29 is 17.9 Å². The van der Waals surface area contributed by atoms with Crippen molar-refractivity contribution in [3.63, 3.8) is 0 Å². The molecule has 0 saturated heterocycles. The molecular weight excluding hydrogens is 296 g/mol. The van der Waals surface area contributed by atoms with Crippen LogP contribution in [0.5, 0.6) is 0 Å². The Morgan fingerprint density at radius 2 is 2.05 bits per heavy atom. The minimum Gasteiger partial charge on any atom is -0.469 e. The number of carbonyl (C=O) groups is 1. The van der Waals surface area contributed by atoms with Gasteiger partial charge in [-0.05, 0) is 43.3 Å². The van der Waals surface area contributed by atoms with Gasteiger partial charge in [-0.25, -0.2) is 8.42 Å². The molecule has 2 saturated carbocycles. The number of methoxy groups -OCH3 is 1. The number of carbonyl (C=O) groups excluding carboxylic acids is 1. The summed E-state index contributed by atoms with van der Waals surface area (Å²) in [5.41, 5.74) is 0.135. The zero-order valence-corrected chi connectivity index (χ0v) is 13.9. The lowest BCUT2D eigenvalue weighted by Gasteiger charge is -2.28. The van der Waals surface area contributed by atoms with Gasteiger partial charge in [0.1, 0.15) is 9.84 Å². The van der Waals surface area contributed by atoms with E-state index in [1.54, 1.807) is 0 Å². The Morgan fingerprint density at radius 3 is 2.60 bits per heavy atom. The highest BCUT2D eigenvalue weighted by molar-refractivity contribution is 8.00. The number of hydrogen-bond donors (Lipinski definition) is 0. The molecule has 0 aliphatic heterocycles. The Kier molecular flexibility index (Phi) is 5.05. The normalized spacial score (nSPS) is 28.9. The van der Waals surface area contributed by atoms with Crippen LogP contribution in [-0.4, -0.2) is 44.0 Å². The standard InChI is InChI=1S/C14H24O4S2/c1-18-13(15)9-14(6-7-14)10-19-11-4-3-5-12(8-11)20(2,16)17/h11-12H,3-10H2,1-2H3. The van der Waals surface area contributed by atoms with E-state index < -0.39 is 9.84 Å². The first kappa shape index (κ1) is 16.1. The van der Waals surface area contributed by atoms with Gasteiger partial charge in [0.05, 0.1) is 18.8 Å². The van der Waals surface area contributed by atoms with E-state index in [0.29, 0.717) is 11.7 Å². The van der Waals surface area contributed by atoms with Crippen LogP contribution in [-0.2, 0) is 19.4 Å². The van der Waals surface area contributed by atoms with Gasteiger partial charge in [0, 0.05) is 11.5 Å². The highest BCUT2D eigenvalue weighted by Gasteiger charge is 2.45. The predicted molar refractivity (Wildman–Crippen MR) is 81.6 cm³/mol. The number of esters is 1. The molecule has 2 aliphatic rings. The summed E-state index contributed by atoms with van der Waals surface area (Å²) in [4.78, 5) is 11.4. The second-order valence-corrected chi connectivity index (χ2v) is 9.92. The summed E-state index contributed by atoms with van der Waals surface area (Å²) in [7, 11) is -1.47. The maximum atomic E-state index is 11.7. The van der Waals surface area contributed by atoms with Gasteiger partial charge in [-0.1, -0.05) is 6.42 Å². The maximum absolute atomic E-state index is 11.7. The van der Waals surface area contributed by atoms with Crippen LogP contribution in [0, 0.1) is 5.41 Å². The Balaban J connectivity index is 1.81. The molecule has 0 aromatic heterocycles. The first-order valence-corrected chi connectivity index (χ1v) is 10.2. The molecule has 0 bridgehead atoms. The third-order valence-electron chi connectivity index (χ3n) is 4.51. The van der Waals surface area contributed by atoms with Gasteiger partial charge in [-0.3, -0.25) is 4.79 Å². The summed E-state index contributed by atoms with van der Waals surface area (Å²) in [5.74, 6) is 0.837. The van der Waals surface area contributed by atoms with E-state index in [9.17, 15) is 13.2 Å². The highest BCUT2D eigenvalue weighted by atomic mass is 32.2. The smallest absolute Gasteiger partial charge is 0.306 e. The van der Waals surface area contributed by atoms with Crippen molar-refractivity contribution >= 4 is 27.6 Å². The third kappa shape index (κ3) is 4.38. The number of ether oxygens (including phenoxy) is 1. The number of hydrogen-bond acceptors (Lipinski definition) is 5. The van der Waals surface area contributed by atoms with Crippen LogP contribution in [0.1, 0.15) is 44.9 Å². The van der Waals surface area contributed by atoms with Crippen LogP contribution in [0.4, 0.5) is 0 Å². The average Bonchev–Trinajstić information content (AvgIpc) is 3.16. The van der Waals surface area contributed by atoms with Gasteiger partial charge >= 0.3 is 5.97 Å². The Morgan fingerprint density at radius 1 is 1.35 bits per heavy atom. The minimum atomic E-state index is -2.91. The fourth-order valence-corrected chi connectivity index (χ4v) is 5.84. The van der Waals surface area contributed by atoms with E-state index in [1.165, 1.54) is 13.4 Å². The predicted octanol–water partition coefficient (Wildman–Crippen LogP) is 2.42. The first-order chi connectivity index (χ1) is 9.35. The van der Waals surface area contributed by atoms with E-state index in [0.717, 1.165) is 44.3 Å². The first-order valence-electron chi connectivity index (χ1n) is 7.22. The molecule has 0 radical (unpaired) electrons. The summed E-state index contributed by atoms with van der Waals surface area (Å²) in [6.45, 7) is 0. The summed E-state index contributed by atoms with van der Waals surface area (Å²) in [6.07, 6.45) is 7.74. The molecule has 0 N–H and O–H groups in total. The maximum Gasteiger partial charge on any atom is 0.306 e. The van der Waals surface area contributed by atoms with Gasteiger partial charge in [0.2, 0.25) is 0 Å². The van der Waals surface area contributed by atoms with Crippen LogP contribution >= 0.6 is 11.8 Å². The molecule has 0 aromatic rings. The Bertz CT molecular complexity index is 454. The largest absolute Gasteiger partial charge is 0.469 e. The van der Waals surface area contributed by atoms with E-state index in [4.69, 9.17) is 4.74 Å². The van der Waals surface area contributed by atoms with Crippen LogP contribution < -0.4 is 0 Å². The van der Waals surface area contributed by atoms with E-state index in [1.807, 2.05) is 11.8 Å². The number of sulfone groups is 1. The summed E-state index contributed by atoms with van der Waals surface area (Å²) >= 11 is 1.87. The molecule has 116 valence electrons. The number of rotatable bonds is 6. The molecule has 2 unspecified atom stereocenters. The molecule has 0 aromatic carbocycles. The molecule has 4 nitrogen and oxygen atoms in total. The van der Waals surface area contributed by atoms with Gasteiger partial charge < -0.3 is 4.74 Å². The Hall–Kier alpha value is -0.230. The summed E-state index contributed by atoms with van der Waals surface area (Å²) in [6, 6.07) is 0. The van der Waals surface area contributed by atoms with Crippen molar-refractivity contribution in [1.82, 2.24) is 0 Å². The monoisotopic (exact) mass is 320 g/mol. The van der Waals surface area contributed by atoms with Crippen molar-refractivity contribution in [2.45, 2.75) is 55.4 Å². The fraction of sp³-hybridized carbons (Fsp3) is 0.929. The fourth-order valence-electron chi connectivity index (χ4n) is 2.86. The van der Waals surface area contributed by atoms with E-state index in [-0.39, 0.29) is 16.6 Å². The lowest BCUT2D eigenvalue weighted by atomic mass is 10.00. The van der Waals surface area contributed by atoms with Crippen molar-refractivity contribution in [1.29, 1.82) is 0 Å².